The van der Waals surface area contributed by atoms with Gasteiger partial charge in [-0.15, -0.1) is 0 Å². The Morgan fingerprint density at radius 2 is 1.77 bits per heavy atom. The van der Waals surface area contributed by atoms with E-state index in [0.29, 0.717) is 13.0 Å². The summed E-state index contributed by atoms with van der Waals surface area (Å²) in [7, 11) is 0. The molecule has 4 heteroatoms. The first kappa shape index (κ1) is 18.5. The minimum Gasteiger partial charge on any atom is -0.492 e. The minimum absolute atomic E-state index is 0.270. The highest BCUT2D eigenvalue weighted by molar-refractivity contribution is 5.76. The molecule has 0 saturated carbocycles. The van der Waals surface area contributed by atoms with Gasteiger partial charge in [0.25, 0.3) is 0 Å². The average molecular weight is 352 g/mol. The van der Waals surface area contributed by atoms with Crippen LogP contribution in [0.3, 0.4) is 0 Å². The summed E-state index contributed by atoms with van der Waals surface area (Å²) in [5, 5.41) is 0. The molecule has 0 aromatic heterocycles. The Hall–Kier alpha value is -2.33. The maximum Gasteiger partial charge on any atom is 0.222 e. The van der Waals surface area contributed by atoms with E-state index < -0.39 is 0 Å². The van der Waals surface area contributed by atoms with Crippen molar-refractivity contribution in [3.8, 4) is 5.75 Å². The molecule has 3 rings (SSSR count). The van der Waals surface area contributed by atoms with Gasteiger partial charge in [0.1, 0.15) is 12.4 Å². The van der Waals surface area contributed by atoms with Gasteiger partial charge in [-0.2, -0.15) is 0 Å². The lowest BCUT2D eigenvalue weighted by molar-refractivity contribution is -0.132. The molecule has 1 saturated heterocycles. The lowest BCUT2D eigenvalue weighted by Gasteiger charge is -2.34. The van der Waals surface area contributed by atoms with Crippen molar-refractivity contribution in [3.05, 3.63) is 65.7 Å². The number of ether oxygens (including phenoxy) is 1. The first-order valence-electron chi connectivity index (χ1n) is 9.44. The predicted molar refractivity (Wildman–Crippen MR) is 104 cm³/mol. The van der Waals surface area contributed by atoms with Gasteiger partial charge in [0.2, 0.25) is 5.91 Å². The first-order valence-corrected chi connectivity index (χ1v) is 9.44. The minimum atomic E-state index is 0.270. The van der Waals surface area contributed by atoms with Gasteiger partial charge in [0, 0.05) is 39.1 Å². The Morgan fingerprint density at radius 3 is 2.50 bits per heavy atom. The Bertz CT molecular complexity index is 694. The molecule has 1 fully saturated rings. The zero-order valence-corrected chi connectivity index (χ0v) is 15.6. The molecule has 2 aromatic rings. The van der Waals surface area contributed by atoms with E-state index in [2.05, 4.69) is 36.1 Å². The molecule has 1 aliphatic heterocycles. The third-order valence-corrected chi connectivity index (χ3v) is 4.85. The normalized spacial score (nSPS) is 15.0. The third-order valence-electron chi connectivity index (χ3n) is 4.85. The van der Waals surface area contributed by atoms with Gasteiger partial charge in [-0.05, 0) is 31.0 Å². The predicted octanol–water partition coefficient (Wildman–Crippen LogP) is 3.15. The second-order valence-electron chi connectivity index (χ2n) is 6.87. The summed E-state index contributed by atoms with van der Waals surface area (Å²) in [6, 6.07) is 18.3. The van der Waals surface area contributed by atoms with Crippen LogP contribution in [0.15, 0.2) is 54.6 Å². The van der Waals surface area contributed by atoms with Crippen LogP contribution in [-0.4, -0.2) is 55.0 Å². The molecule has 4 nitrogen and oxygen atoms in total. The molecule has 2 aromatic carbocycles. The van der Waals surface area contributed by atoms with Gasteiger partial charge in [-0.1, -0.05) is 48.0 Å². The molecule has 1 aliphatic rings. The van der Waals surface area contributed by atoms with E-state index in [1.165, 1.54) is 11.1 Å². The maximum absolute atomic E-state index is 12.4. The quantitative estimate of drug-likeness (QED) is 0.767. The van der Waals surface area contributed by atoms with Crippen molar-refractivity contribution in [1.29, 1.82) is 0 Å². The number of carbonyl (C=O) groups is 1. The molecule has 0 radical (unpaired) electrons. The van der Waals surface area contributed by atoms with Crippen LogP contribution < -0.4 is 4.74 Å². The van der Waals surface area contributed by atoms with Crippen LogP contribution in [0.4, 0.5) is 0 Å². The number of rotatable bonds is 7. The van der Waals surface area contributed by atoms with E-state index in [0.717, 1.165) is 44.9 Å². The number of piperazine rings is 1. The number of carbonyl (C=O) groups excluding carboxylic acids is 1. The number of para-hydroxylation sites is 1. The van der Waals surface area contributed by atoms with Crippen molar-refractivity contribution in [2.45, 2.75) is 19.8 Å². The molecule has 0 bridgehead atoms. The summed E-state index contributed by atoms with van der Waals surface area (Å²) in [6.07, 6.45) is 1.42. The number of hydrogen-bond acceptors (Lipinski definition) is 3. The molecular formula is C22H28N2O2. The van der Waals surface area contributed by atoms with Gasteiger partial charge >= 0.3 is 0 Å². The third kappa shape index (κ3) is 5.60. The molecule has 1 heterocycles. The van der Waals surface area contributed by atoms with Crippen molar-refractivity contribution in [2.75, 3.05) is 39.3 Å². The Balaban J connectivity index is 1.34. The summed E-state index contributed by atoms with van der Waals surface area (Å²) in [5.41, 5.74) is 2.50. The van der Waals surface area contributed by atoms with Gasteiger partial charge in [0.05, 0.1) is 0 Å². The molecule has 0 spiro atoms. The second-order valence-corrected chi connectivity index (χ2v) is 6.87. The molecular weight excluding hydrogens is 324 g/mol. The highest BCUT2D eigenvalue weighted by atomic mass is 16.5. The lowest BCUT2D eigenvalue weighted by Crippen LogP contribution is -2.49. The number of amides is 1. The Morgan fingerprint density at radius 1 is 1.00 bits per heavy atom. The fraction of sp³-hybridized carbons (Fsp3) is 0.409. The van der Waals surface area contributed by atoms with Crippen molar-refractivity contribution < 1.29 is 9.53 Å². The molecule has 0 aliphatic carbocycles. The number of hydrogen-bond donors (Lipinski definition) is 0. The second kappa shape index (κ2) is 9.39. The highest BCUT2D eigenvalue weighted by Gasteiger charge is 2.20. The molecule has 26 heavy (non-hydrogen) atoms. The van der Waals surface area contributed by atoms with Crippen LogP contribution in [0.5, 0.6) is 5.75 Å². The van der Waals surface area contributed by atoms with E-state index in [1.807, 2.05) is 35.2 Å². The zero-order valence-electron chi connectivity index (χ0n) is 15.6. The summed E-state index contributed by atoms with van der Waals surface area (Å²) >= 11 is 0. The molecule has 0 unspecified atom stereocenters. The average Bonchev–Trinajstić information content (AvgIpc) is 2.68. The first-order chi connectivity index (χ1) is 12.7. The molecule has 1 amide bonds. The summed E-state index contributed by atoms with van der Waals surface area (Å²) in [5.74, 6) is 1.18. The van der Waals surface area contributed by atoms with Crippen molar-refractivity contribution in [2.24, 2.45) is 0 Å². The summed E-state index contributed by atoms with van der Waals surface area (Å²) in [6.45, 7) is 7.16. The van der Waals surface area contributed by atoms with Crippen LogP contribution in [-0.2, 0) is 11.2 Å². The van der Waals surface area contributed by atoms with Gasteiger partial charge in [0.15, 0.2) is 0 Å². The van der Waals surface area contributed by atoms with Crippen LogP contribution in [0.2, 0.25) is 0 Å². The van der Waals surface area contributed by atoms with Gasteiger partial charge in [-0.25, -0.2) is 0 Å². The monoisotopic (exact) mass is 352 g/mol. The van der Waals surface area contributed by atoms with E-state index in [4.69, 9.17) is 4.74 Å². The maximum atomic E-state index is 12.4. The molecule has 138 valence electrons. The van der Waals surface area contributed by atoms with E-state index >= 15 is 0 Å². The van der Waals surface area contributed by atoms with E-state index in [-0.39, 0.29) is 5.91 Å². The Kier molecular flexibility index (Phi) is 6.67. The number of nitrogens with zero attached hydrogens (tertiary/aromatic N) is 2. The van der Waals surface area contributed by atoms with Gasteiger partial charge < -0.3 is 9.64 Å². The van der Waals surface area contributed by atoms with Crippen LogP contribution in [0, 0.1) is 6.92 Å². The van der Waals surface area contributed by atoms with E-state index in [1.54, 1.807) is 0 Å². The summed E-state index contributed by atoms with van der Waals surface area (Å²) < 4.78 is 5.76. The number of aryl methyl sites for hydroxylation is 2. The van der Waals surface area contributed by atoms with Crippen LogP contribution in [0.1, 0.15) is 17.5 Å². The Labute approximate surface area is 156 Å². The summed E-state index contributed by atoms with van der Waals surface area (Å²) in [4.78, 5) is 16.8. The SMILES string of the molecule is Cc1cccc(CCC(=O)N2CCN(CCOc3ccccc3)CC2)c1. The standard InChI is InChI=1S/C22H28N2O2/c1-19-6-5-7-20(18-19)10-11-22(25)24-14-12-23(13-15-24)16-17-26-21-8-3-2-4-9-21/h2-9,18H,10-17H2,1H3. The highest BCUT2D eigenvalue weighted by Crippen LogP contribution is 2.11. The van der Waals surface area contributed by atoms with Gasteiger partial charge in [-0.3, -0.25) is 9.69 Å². The topological polar surface area (TPSA) is 32.8 Å². The van der Waals surface area contributed by atoms with E-state index in [9.17, 15) is 4.79 Å². The lowest BCUT2D eigenvalue weighted by atomic mass is 10.1. The van der Waals surface area contributed by atoms with Crippen molar-refractivity contribution in [1.82, 2.24) is 9.80 Å². The van der Waals surface area contributed by atoms with Crippen LogP contribution >= 0.6 is 0 Å². The fourth-order valence-electron chi connectivity index (χ4n) is 3.31. The van der Waals surface area contributed by atoms with Crippen molar-refractivity contribution >= 4 is 5.91 Å². The molecule has 0 atom stereocenters. The fourth-order valence-corrected chi connectivity index (χ4v) is 3.31. The molecule has 0 N–H and O–H groups in total. The largest absolute Gasteiger partial charge is 0.492 e. The zero-order chi connectivity index (χ0) is 18.2. The van der Waals surface area contributed by atoms with Crippen molar-refractivity contribution in [3.63, 3.8) is 0 Å². The number of benzene rings is 2. The van der Waals surface area contributed by atoms with Crippen LogP contribution in [0.25, 0.3) is 0 Å². The smallest absolute Gasteiger partial charge is 0.222 e.